The molecule has 2 atom stereocenters. The van der Waals surface area contributed by atoms with Gasteiger partial charge in [-0.05, 0) is 49.1 Å². The van der Waals surface area contributed by atoms with Crippen molar-refractivity contribution >= 4 is 28.8 Å². The second-order valence-corrected chi connectivity index (χ2v) is 6.31. The number of hydrogen-bond acceptors (Lipinski definition) is 2. The van der Waals surface area contributed by atoms with Gasteiger partial charge in [-0.25, -0.2) is 0 Å². The summed E-state index contributed by atoms with van der Waals surface area (Å²) in [6.45, 7) is 2.74. The molecule has 0 bridgehead atoms. The standard InChI is InChI=1S/C13H18ClNOS/c1-9-5-6-17-12(9)13(16)15-8-10-3-2-4-11(14)7-10/h5-6,10-11H,2-4,7-8H2,1H3,(H,15,16). The van der Waals surface area contributed by atoms with E-state index in [9.17, 15) is 4.79 Å². The maximum absolute atomic E-state index is 11.9. The maximum atomic E-state index is 11.9. The molecule has 0 aliphatic heterocycles. The van der Waals surface area contributed by atoms with Gasteiger partial charge in [0.25, 0.3) is 5.91 Å². The van der Waals surface area contributed by atoms with E-state index < -0.39 is 0 Å². The van der Waals surface area contributed by atoms with Crippen molar-refractivity contribution in [2.75, 3.05) is 6.54 Å². The molecule has 1 heterocycles. The Kier molecular flexibility index (Phi) is 4.46. The van der Waals surface area contributed by atoms with E-state index in [1.807, 2.05) is 18.4 Å². The van der Waals surface area contributed by atoms with Crippen LogP contribution in [0.2, 0.25) is 0 Å². The quantitative estimate of drug-likeness (QED) is 0.837. The molecule has 0 saturated heterocycles. The SMILES string of the molecule is Cc1ccsc1C(=O)NCC1CCCC(Cl)C1. The van der Waals surface area contributed by atoms with Crippen LogP contribution in [0.25, 0.3) is 0 Å². The minimum Gasteiger partial charge on any atom is -0.351 e. The number of alkyl halides is 1. The van der Waals surface area contributed by atoms with E-state index in [2.05, 4.69) is 5.32 Å². The number of hydrogen-bond donors (Lipinski definition) is 1. The molecule has 94 valence electrons. The second kappa shape index (κ2) is 5.87. The molecule has 2 nitrogen and oxygen atoms in total. The summed E-state index contributed by atoms with van der Waals surface area (Å²) in [7, 11) is 0. The molecule has 17 heavy (non-hydrogen) atoms. The molecule has 1 fully saturated rings. The number of carbonyl (C=O) groups is 1. The molecule has 1 aromatic heterocycles. The molecule has 1 saturated carbocycles. The van der Waals surface area contributed by atoms with Crippen LogP contribution >= 0.6 is 22.9 Å². The number of aryl methyl sites for hydroxylation is 1. The van der Waals surface area contributed by atoms with Crippen LogP contribution < -0.4 is 5.32 Å². The van der Waals surface area contributed by atoms with Crippen LogP contribution in [0.5, 0.6) is 0 Å². The van der Waals surface area contributed by atoms with Gasteiger partial charge in [0.2, 0.25) is 0 Å². The molecule has 4 heteroatoms. The van der Waals surface area contributed by atoms with E-state index in [4.69, 9.17) is 11.6 Å². The average Bonchev–Trinajstić information content (AvgIpc) is 2.72. The summed E-state index contributed by atoms with van der Waals surface area (Å²) >= 11 is 7.65. The molecule has 1 aromatic rings. The van der Waals surface area contributed by atoms with Crippen molar-refractivity contribution in [2.24, 2.45) is 5.92 Å². The lowest BCUT2D eigenvalue weighted by Crippen LogP contribution is -2.31. The summed E-state index contributed by atoms with van der Waals surface area (Å²) in [5.41, 5.74) is 1.06. The van der Waals surface area contributed by atoms with Crippen LogP contribution in [0.15, 0.2) is 11.4 Å². The van der Waals surface area contributed by atoms with Gasteiger partial charge in [-0.3, -0.25) is 4.79 Å². The molecular formula is C13H18ClNOS. The van der Waals surface area contributed by atoms with Gasteiger partial charge in [0.15, 0.2) is 0 Å². The largest absolute Gasteiger partial charge is 0.351 e. The predicted molar refractivity (Wildman–Crippen MR) is 73.0 cm³/mol. The van der Waals surface area contributed by atoms with E-state index in [1.165, 1.54) is 24.2 Å². The number of rotatable bonds is 3. The summed E-state index contributed by atoms with van der Waals surface area (Å²) in [6, 6.07) is 1.98. The highest BCUT2D eigenvalue weighted by molar-refractivity contribution is 7.12. The first-order valence-electron chi connectivity index (χ1n) is 6.13. The van der Waals surface area contributed by atoms with E-state index in [1.54, 1.807) is 0 Å². The minimum atomic E-state index is 0.0641. The van der Waals surface area contributed by atoms with Crippen LogP contribution in [0.3, 0.4) is 0 Å². The summed E-state index contributed by atoms with van der Waals surface area (Å²) in [4.78, 5) is 12.8. The Morgan fingerprint density at radius 2 is 2.41 bits per heavy atom. The third-order valence-corrected chi connectivity index (χ3v) is 4.75. The Morgan fingerprint density at radius 1 is 1.59 bits per heavy atom. The second-order valence-electron chi connectivity index (χ2n) is 4.77. The molecule has 0 spiro atoms. The zero-order valence-electron chi connectivity index (χ0n) is 10.0. The van der Waals surface area contributed by atoms with Crippen molar-refractivity contribution in [1.82, 2.24) is 5.32 Å². The topological polar surface area (TPSA) is 29.1 Å². The first-order valence-corrected chi connectivity index (χ1v) is 7.45. The summed E-state index contributed by atoms with van der Waals surface area (Å²) in [5, 5.41) is 5.29. The zero-order valence-corrected chi connectivity index (χ0v) is 11.6. The lowest BCUT2D eigenvalue weighted by atomic mass is 9.89. The number of nitrogens with one attached hydrogen (secondary N) is 1. The normalized spacial score (nSPS) is 24.6. The van der Waals surface area contributed by atoms with Gasteiger partial charge in [0.05, 0.1) is 4.88 Å². The highest BCUT2D eigenvalue weighted by Crippen LogP contribution is 2.27. The minimum absolute atomic E-state index is 0.0641. The summed E-state index contributed by atoms with van der Waals surface area (Å²) in [5.74, 6) is 0.615. The van der Waals surface area contributed by atoms with Gasteiger partial charge >= 0.3 is 0 Å². The first kappa shape index (κ1) is 12.9. The van der Waals surface area contributed by atoms with Crippen molar-refractivity contribution in [1.29, 1.82) is 0 Å². The fourth-order valence-electron chi connectivity index (χ4n) is 2.33. The van der Waals surface area contributed by atoms with Gasteiger partial charge in [-0.15, -0.1) is 22.9 Å². The van der Waals surface area contributed by atoms with Gasteiger partial charge in [-0.1, -0.05) is 6.42 Å². The molecule has 0 aromatic carbocycles. The molecule has 2 unspecified atom stereocenters. The van der Waals surface area contributed by atoms with E-state index in [-0.39, 0.29) is 5.91 Å². The Labute approximate surface area is 111 Å². The number of amides is 1. The number of halogens is 1. The maximum Gasteiger partial charge on any atom is 0.261 e. The zero-order chi connectivity index (χ0) is 12.3. The van der Waals surface area contributed by atoms with Crippen molar-refractivity contribution in [3.05, 3.63) is 21.9 Å². The molecule has 2 rings (SSSR count). The highest BCUT2D eigenvalue weighted by atomic mass is 35.5. The van der Waals surface area contributed by atoms with Gasteiger partial charge < -0.3 is 5.32 Å². The van der Waals surface area contributed by atoms with Gasteiger partial charge in [0.1, 0.15) is 0 Å². The van der Waals surface area contributed by atoms with Crippen LogP contribution in [0, 0.1) is 12.8 Å². The van der Waals surface area contributed by atoms with Crippen molar-refractivity contribution in [2.45, 2.75) is 38.0 Å². The molecule has 1 amide bonds. The third kappa shape index (κ3) is 3.46. The lowest BCUT2D eigenvalue weighted by Gasteiger charge is -2.25. The molecule has 1 aliphatic rings. The Morgan fingerprint density at radius 3 is 3.06 bits per heavy atom. The van der Waals surface area contributed by atoms with Crippen LogP contribution in [-0.2, 0) is 0 Å². The van der Waals surface area contributed by atoms with Crippen molar-refractivity contribution in [3.63, 3.8) is 0 Å². The summed E-state index contributed by atoms with van der Waals surface area (Å²) < 4.78 is 0. The first-order chi connectivity index (χ1) is 8.16. The number of thiophene rings is 1. The Hall–Kier alpha value is -0.540. The fourth-order valence-corrected chi connectivity index (χ4v) is 3.58. The number of carbonyl (C=O) groups excluding carboxylic acids is 1. The Balaban J connectivity index is 1.82. The highest BCUT2D eigenvalue weighted by Gasteiger charge is 2.21. The van der Waals surface area contributed by atoms with E-state index in [0.29, 0.717) is 11.3 Å². The molecule has 1 aliphatic carbocycles. The fraction of sp³-hybridized carbons (Fsp3) is 0.615. The molecular weight excluding hydrogens is 254 g/mol. The van der Waals surface area contributed by atoms with Crippen molar-refractivity contribution in [3.8, 4) is 0 Å². The third-order valence-electron chi connectivity index (χ3n) is 3.34. The average molecular weight is 272 g/mol. The van der Waals surface area contributed by atoms with Crippen LogP contribution in [0.1, 0.15) is 40.9 Å². The molecule has 0 radical (unpaired) electrons. The van der Waals surface area contributed by atoms with Crippen molar-refractivity contribution < 1.29 is 4.79 Å². The monoisotopic (exact) mass is 271 g/mol. The summed E-state index contributed by atoms with van der Waals surface area (Å²) in [6.07, 6.45) is 4.53. The van der Waals surface area contributed by atoms with E-state index in [0.717, 1.165) is 29.8 Å². The van der Waals surface area contributed by atoms with E-state index >= 15 is 0 Å². The van der Waals surface area contributed by atoms with Crippen LogP contribution in [0.4, 0.5) is 0 Å². The van der Waals surface area contributed by atoms with Gasteiger partial charge in [-0.2, -0.15) is 0 Å². The van der Waals surface area contributed by atoms with Crippen LogP contribution in [-0.4, -0.2) is 17.8 Å². The lowest BCUT2D eigenvalue weighted by molar-refractivity contribution is 0.0947. The smallest absolute Gasteiger partial charge is 0.261 e. The Bertz CT molecular complexity index is 391. The van der Waals surface area contributed by atoms with Gasteiger partial charge in [0, 0.05) is 11.9 Å². The molecule has 1 N–H and O–H groups in total. The predicted octanol–water partition coefficient (Wildman–Crippen LogP) is 3.58.